The van der Waals surface area contributed by atoms with Crippen LogP contribution < -0.4 is 15.4 Å². The summed E-state index contributed by atoms with van der Waals surface area (Å²) in [7, 11) is 1.58. The fraction of sp³-hybridized carbons (Fsp3) is 0.300. The molecule has 0 saturated carbocycles. The molecule has 2 N–H and O–H groups in total. The molecule has 0 aliphatic carbocycles. The minimum absolute atomic E-state index is 0.155. The molecule has 6 heteroatoms. The van der Waals surface area contributed by atoms with Crippen molar-refractivity contribution < 1.29 is 14.3 Å². The van der Waals surface area contributed by atoms with Gasteiger partial charge in [-0.05, 0) is 43.5 Å². The molecule has 0 unspecified atom stereocenters. The third kappa shape index (κ3) is 3.96. The first-order chi connectivity index (χ1) is 12.6. The van der Waals surface area contributed by atoms with E-state index in [9.17, 15) is 9.59 Å². The third-order valence-electron chi connectivity index (χ3n) is 4.54. The lowest BCUT2D eigenvalue weighted by Crippen LogP contribution is -2.45. The number of carbonyl (C=O) groups is 2. The Hall–Kier alpha value is -3.02. The molecule has 1 aliphatic heterocycles. The Balaban J connectivity index is 1.68. The molecule has 1 aliphatic rings. The van der Waals surface area contributed by atoms with Crippen molar-refractivity contribution >= 4 is 23.3 Å². The van der Waals surface area contributed by atoms with Gasteiger partial charge in [0.2, 0.25) is 5.91 Å². The summed E-state index contributed by atoms with van der Waals surface area (Å²) in [4.78, 5) is 26.9. The second-order valence-corrected chi connectivity index (χ2v) is 6.32. The largest absolute Gasteiger partial charge is 0.497 e. The molecule has 0 spiro atoms. The van der Waals surface area contributed by atoms with Gasteiger partial charge in [0.25, 0.3) is 0 Å². The molecule has 2 aromatic carbocycles. The summed E-state index contributed by atoms with van der Waals surface area (Å²) in [5, 5.41) is 5.78. The van der Waals surface area contributed by atoms with E-state index in [2.05, 4.69) is 10.6 Å². The second kappa shape index (κ2) is 7.91. The van der Waals surface area contributed by atoms with E-state index in [1.165, 1.54) is 0 Å². The van der Waals surface area contributed by atoms with Crippen molar-refractivity contribution in [2.24, 2.45) is 0 Å². The zero-order valence-electron chi connectivity index (χ0n) is 15.0. The number of rotatable bonds is 4. The molecule has 1 fully saturated rings. The third-order valence-corrected chi connectivity index (χ3v) is 4.54. The smallest absolute Gasteiger partial charge is 0.322 e. The van der Waals surface area contributed by atoms with E-state index < -0.39 is 6.04 Å². The van der Waals surface area contributed by atoms with Crippen molar-refractivity contribution in [2.75, 3.05) is 24.3 Å². The van der Waals surface area contributed by atoms with Gasteiger partial charge in [-0.3, -0.25) is 4.79 Å². The predicted octanol–water partition coefficient (Wildman–Crippen LogP) is 3.64. The Morgan fingerprint density at radius 2 is 1.92 bits per heavy atom. The number of anilines is 2. The number of carbonyl (C=O) groups excluding carboxylic acids is 2. The van der Waals surface area contributed by atoms with Gasteiger partial charge in [0, 0.05) is 24.0 Å². The van der Waals surface area contributed by atoms with Crippen LogP contribution in [0.2, 0.25) is 0 Å². The normalized spacial score (nSPS) is 16.2. The molecule has 26 heavy (non-hydrogen) atoms. The Bertz CT molecular complexity index is 806. The highest BCUT2D eigenvalue weighted by molar-refractivity contribution is 6.00. The maximum Gasteiger partial charge on any atom is 0.322 e. The Morgan fingerprint density at radius 1 is 1.12 bits per heavy atom. The lowest BCUT2D eigenvalue weighted by Gasteiger charge is -2.24. The summed E-state index contributed by atoms with van der Waals surface area (Å²) < 4.78 is 5.17. The first-order valence-electron chi connectivity index (χ1n) is 8.66. The van der Waals surface area contributed by atoms with Crippen molar-refractivity contribution in [3.05, 3.63) is 54.1 Å². The fourth-order valence-electron chi connectivity index (χ4n) is 3.11. The van der Waals surface area contributed by atoms with Crippen LogP contribution in [0.15, 0.2) is 48.5 Å². The zero-order chi connectivity index (χ0) is 18.5. The van der Waals surface area contributed by atoms with Gasteiger partial charge in [-0.15, -0.1) is 0 Å². The maximum atomic E-state index is 12.7. The van der Waals surface area contributed by atoms with Crippen LogP contribution >= 0.6 is 0 Å². The number of urea groups is 1. The van der Waals surface area contributed by atoms with Gasteiger partial charge in [0.15, 0.2) is 0 Å². The van der Waals surface area contributed by atoms with Crippen molar-refractivity contribution in [1.82, 2.24) is 4.90 Å². The highest BCUT2D eigenvalue weighted by atomic mass is 16.5. The van der Waals surface area contributed by atoms with Crippen LogP contribution in [-0.4, -0.2) is 36.5 Å². The van der Waals surface area contributed by atoms with Gasteiger partial charge >= 0.3 is 6.03 Å². The molecule has 3 amide bonds. The lowest BCUT2D eigenvalue weighted by atomic mass is 10.1. The number of ether oxygens (including phenoxy) is 1. The summed E-state index contributed by atoms with van der Waals surface area (Å²) in [6.45, 7) is 2.50. The second-order valence-electron chi connectivity index (χ2n) is 6.32. The van der Waals surface area contributed by atoms with Crippen molar-refractivity contribution in [3.63, 3.8) is 0 Å². The van der Waals surface area contributed by atoms with E-state index in [1.54, 1.807) is 30.2 Å². The number of para-hydroxylation sites is 1. The molecule has 0 bridgehead atoms. The van der Waals surface area contributed by atoms with Gasteiger partial charge in [-0.2, -0.15) is 0 Å². The van der Waals surface area contributed by atoms with E-state index in [0.29, 0.717) is 24.4 Å². The minimum Gasteiger partial charge on any atom is -0.497 e. The van der Waals surface area contributed by atoms with Gasteiger partial charge in [0.05, 0.1) is 7.11 Å². The number of nitrogens with one attached hydrogen (secondary N) is 2. The molecule has 3 rings (SSSR count). The number of aryl methyl sites for hydroxylation is 1. The highest BCUT2D eigenvalue weighted by Gasteiger charge is 2.34. The van der Waals surface area contributed by atoms with E-state index in [-0.39, 0.29) is 11.9 Å². The number of hydrogen-bond donors (Lipinski definition) is 2. The van der Waals surface area contributed by atoms with Crippen molar-refractivity contribution in [2.45, 2.75) is 25.8 Å². The first kappa shape index (κ1) is 17.8. The molecule has 6 nitrogen and oxygen atoms in total. The number of likely N-dealkylation sites (tertiary alicyclic amines) is 1. The lowest BCUT2D eigenvalue weighted by molar-refractivity contribution is -0.119. The van der Waals surface area contributed by atoms with E-state index in [4.69, 9.17) is 4.74 Å². The molecule has 1 heterocycles. The van der Waals surface area contributed by atoms with Crippen LogP contribution in [0, 0.1) is 6.92 Å². The molecule has 1 atom stereocenters. The van der Waals surface area contributed by atoms with Crippen molar-refractivity contribution in [1.29, 1.82) is 0 Å². The number of nitrogens with zero attached hydrogens (tertiary/aromatic N) is 1. The van der Waals surface area contributed by atoms with Crippen molar-refractivity contribution in [3.8, 4) is 5.75 Å². The average Bonchev–Trinajstić information content (AvgIpc) is 3.14. The van der Waals surface area contributed by atoms with Crippen LogP contribution in [0.4, 0.5) is 16.2 Å². The Labute approximate surface area is 153 Å². The van der Waals surface area contributed by atoms with Gasteiger partial charge in [-0.1, -0.05) is 24.3 Å². The molecular formula is C20H23N3O3. The molecule has 0 radical (unpaired) electrons. The van der Waals surface area contributed by atoms with E-state index in [1.807, 2.05) is 37.3 Å². The quantitative estimate of drug-likeness (QED) is 0.882. The molecule has 2 aromatic rings. The number of methoxy groups -OCH3 is 1. The summed E-state index contributed by atoms with van der Waals surface area (Å²) in [6, 6.07) is 14.0. The Kier molecular flexibility index (Phi) is 5.41. The van der Waals surface area contributed by atoms with Crippen LogP contribution in [0.5, 0.6) is 5.75 Å². The minimum atomic E-state index is -0.472. The van der Waals surface area contributed by atoms with Crippen LogP contribution in [-0.2, 0) is 4.79 Å². The van der Waals surface area contributed by atoms with Gasteiger partial charge in [-0.25, -0.2) is 4.79 Å². The number of hydrogen-bond acceptors (Lipinski definition) is 3. The van der Waals surface area contributed by atoms with Gasteiger partial charge in [0.1, 0.15) is 11.8 Å². The Morgan fingerprint density at radius 3 is 2.69 bits per heavy atom. The summed E-state index contributed by atoms with van der Waals surface area (Å²) in [5.41, 5.74) is 2.41. The topological polar surface area (TPSA) is 70.7 Å². The SMILES string of the molecule is COc1cccc(NC(=O)N2CCC[C@@H]2C(=O)Nc2ccccc2C)c1. The maximum absolute atomic E-state index is 12.7. The summed E-state index contributed by atoms with van der Waals surface area (Å²) in [5.74, 6) is 0.510. The fourth-order valence-corrected chi connectivity index (χ4v) is 3.11. The molecule has 136 valence electrons. The zero-order valence-corrected chi connectivity index (χ0v) is 15.0. The first-order valence-corrected chi connectivity index (χ1v) is 8.66. The average molecular weight is 353 g/mol. The van der Waals surface area contributed by atoms with Gasteiger partial charge < -0.3 is 20.3 Å². The highest BCUT2D eigenvalue weighted by Crippen LogP contribution is 2.23. The number of benzene rings is 2. The molecular weight excluding hydrogens is 330 g/mol. The number of amides is 3. The van der Waals surface area contributed by atoms with Crippen LogP contribution in [0.25, 0.3) is 0 Å². The van der Waals surface area contributed by atoms with E-state index >= 15 is 0 Å². The van der Waals surface area contributed by atoms with Crippen LogP contribution in [0.3, 0.4) is 0 Å². The predicted molar refractivity (Wildman–Crippen MR) is 102 cm³/mol. The molecule has 1 saturated heterocycles. The summed E-state index contributed by atoms with van der Waals surface area (Å²) in [6.07, 6.45) is 1.46. The summed E-state index contributed by atoms with van der Waals surface area (Å²) >= 11 is 0. The van der Waals surface area contributed by atoms with E-state index in [0.717, 1.165) is 17.7 Å². The monoisotopic (exact) mass is 353 g/mol. The molecule has 0 aromatic heterocycles. The van der Waals surface area contributed by atoms with Crippen LogP contribution in [0.1, 0.15) is 18.4 Å². The standard InChI is InChI=1S/C20H23N3O3/c1-14-7-3-4-10-17(14)22-19(24)18-11-6-12-23(18)20(25)21-15-8-5-9-16(13-15)26-2/h3-5,7-10,13,18H,6,11-12H2,1-2H3,(H,21,25)(H,22,24)/t18-/m1/s1.